The maximum Gasteiger partial charge on any atom is 0.214 e. The van der Waals surface area contributed by atoms with Crippen molar-refractivity contribution < 1.29 is 4.79 Å². The van der Waals surface area contributed by atoms with Crippen LogP contribution in [-0.4, -0.2) is 21.6 Å². The van der Waals surface area contributed by atoms with E-state index in [2.05, 4.69) is 20.5 Å². The molecule has 0 saturated carbocycles. The molecule has 0 bridgehead atoms. The third-order valence-corrected chi connectivity index (χ3v) is 3.75. The number of aromatic nitrogens is 3. The van der Waals surface area contributed by atoms with E-state index in [0.717, 1.165) is 40.3 Å². The van der Waals surface area contributed by atoms with Crippen molar-refractivity contribution in [3.63, 3.8) is 0 Å². The van der Waals surface area contributed by atoms with Gasteiger partial charge in [-0.3, -0.25) is 9.89 Å². The van der Waals surface area contributed by atoms with E-state index in [4.69, 9.17) is 0 Å². The Morgan fingerprint density at radius 3 is 3.00 bits per heavy atom. The number of anilines is 3. The lowest BCUT2D eigenvalue weighted by Crippen LogP contribution is -2.19. The van der Waals surface area contributed by atoms with Crippen molar-refractivity contribution in [2.24, 2.45) is 0 Å². The number of carbonyl (C=O) groups is 1. The first-order chi connectivity index (χ1) is 10.8. The van der Waals surface area contributed by atoms with E-state index < -0.39 is 0 Å². The van der Waals surface area contributed by atoms with Crippen LogP contribution in [0.15, 0.2) is 48.9 Å². The van der Waals surface area contributed by atoms with Gasteiger partial charge in [-0.1, -0.05) is 12.1 Å². The van der Waals surface area contributed by atoms with Crippen molar-refractivity contribution in [2.45, 2.75) is 6.54 Å². The highest BCUT2D eigenvalue weighted by atomic mass is 16.1. The highest BCUT2D eigenvalue weighted by molar-refractivity contribution is 5.90. The van der Waals surface area contributed by atoms with E-state index in [1.54, 1.807) is 17.3 Å². The molecule has 1 amide bonds. The highest BCUT2D eigenvalue weighted by Gasteiger charge is 2.19. The predicted octanol–water partition coefficient (Wildman–Crippen LogP) is 2.69. The number of hydrogen-bond acceptors (Lipinski definition) is 4. The second-order valence-corrected chi connectivity index (χ2v) is 5.09. The Morgan fingerprint density at radius 1 is 1.23 bits per heavy atom. The van der Waals surface area contributed by atoms with Gasteiger partial charge in [-0.15, -0.1) is 0 Å². The number of benzene rings is 1. The van der Waals surface area contributed by atoms with Crippen molar-refractivity contribution in [1.29, 1.82) is 0 Å². The minimum atomic E-state index is 0.488. The monoisotopic (exact) mass is 291 g/mol. The quantitative estimate of drug-likeness (QED) is 0.712. The molecule has 0 fully saturated rings. The van der Waals surface area contributed by atoms with Gasteiger partial charge in [-0.25, -0.2) is 4.98 Å². The van der Waals surface area contributed by atoms with Gasteiger partial charge in [0, 0.05) is 23.5 Å². The number of carbonyl (C=O) groups excluding carboxylic acids is 1. The number of amides is 1. The Morgan fingerprint density at radius 2 is 2.18 bits per heavy atom. The van der Waals surface area contributed by atoms with Gasteiger partial charge in [0.15, 0.2) is 0 Å². The van der Waals surface area contributed by atoms with Crippen LogP contribution < -0.4 is 10.2 Å². The Hall–Kier alpha value is -3.15. The van der Waals surface area contributed by atoms with Gasteiger partial charge < -0.3 is 10.2 Å². The van der Waals surface area contributed by atoms with E-state index >= 15 is 0 Å². The fourth-order valence-electron chi connectivity index (χ4n) is 2.63. The molecule has 1 aromatic carbocycles. The molecule has 22 heavy (non-hydrogen) atoms. The lowest BCUT2D eigenvalue weighted by molar-refractivity contribution is -0.107. The molecule has 0 spiro atoms. The lowest BCUT2D eigenvalue weighted by Gasteiger charge is -2.18. The first-order valence-corrected chi connectivity index (χ1v) is 6.91. The minimum absolute atomic E-state index is 0.488. The molecule has 4 rings (SSSR count). The zero-order valence-corrected chi connectivity index (χ0v) is 11.7. The average Bonchev–Trinajstić information content (AvgIpc) is 3.03. The average molecular weight is 291 g/mol. The minimum Gasteiger partial charge on any atom is -0.338 e. The number of hydrogen-bond donors (Lipinski definition) is 2. The van der Waals surface area contributed by atoms with Gasteiger partial charge in [-0.05, 0) is 23.8 Å². The molecule has 6 nitrogen and oxygen atoms in total. The molecule has 1 aliphatic rings. The number of rotatable bonds is 2. The summed E-state index contributed by atoms with van der Waals surface area (Å²) in [6.07, 6.45) is 6.17. The molecule has 0 aliphatic carbocycles. The number of pyridine rings is 1. The van der Waals surface area contributed by atoms with Gasteiger partial charge in [0.25, 0.3) is 0 Å². The first kappa shape index (κ1) is 12.6. The van der Waals surface area contributed by atoms with Crippen molar-refractivity contribution in [3.05, 3.63) is 54.5 Å². The molecular weight excluding hydrogens is 278 g/mol. The normalized spacial score (nSPS) is 12.8. The van der Waals surface area contributed by atoms with Crippen LogP contribution in [0, 0.1) is 0 Å². The van der Waals surface area contributed by atoms with Crippen molar-refractivity contribution >= 4 is 23.6 Å². The van der Waals surface area contributed by atoms with Crippen LogP contribution >= 0.6 is 0 Å². The molecule has 2 N–H and O–H groups in total. The summed E-state index contributed by atoms with van der Waals surface area (Å²) in [4.78, 5) is 17.6. The molecule has 6 heteroatoms. The van der Waals surface area contributed by atoms with Gasteiger partial charge in [0.2, 0.25) is 6.41 Å². The van der Waals surface area contributed by atoms with Crippen LogP contribution in [0.2, 0.25) is 0 Å². The molecule has 3 aromatic rings. The smallest absolute Gasteiger partial charge is 0.214 e. The molecule has 0 atom stereocenters. The highest BCUT2D eigenvalue weighted by Crippen LogP contribution is 2.36. The summed E-state index contributed by atoms with van der Waals surface area (Å²) < 4.78 is 0. The van der Waals surface area contributed by atoms with Crippen LogP contribution in [0.25, 0.3) is 11.1 Å². The van der Waals surface area contributed by atoms with Gasteiger partial charge in [0.1, 0.15) is 5.82 Å². The third kappa shape index (κ3) is 2.01. The summed E-state index contributed by atoms with van der Waals surface area (Å²) in [7, 11) is 0. The second kappa shape index (κ2) is 5.00. The SMILES string of the molecule is O=CN1Cc2cccnc2Nc2ccc(-c3cn[nH]c3)cc21. The number of nitrogens with one attached hydrogen (secondary N) is 2. The van der Waals surface area contributed by atoms with Gasteiger partial charge in [-0.2, -0.15) is 5.10 Å². The van der Waals surface area contributed by atoms with Crippen LogP contribution in [0.4, 0.5) is 17.2 Å². The Bertz CT molecular complexity index is 828. The Kier molecular flexibility index (Phi) is 2.86. The van der Waals surface area contributed by atoms with Crippen LogP contribution in [0.5, 0.6) is 0 Å². The van der Waals surface area contributed by atoms with E-state index in [0.29, 0.717) is 6.54 Å². The summed E-state index contributed by atoms with van der Waals surface area (Å²) in [5.41, 5.74) is 4.65. The summed E-state index contributed by atoms with van der Waals surface area (Å²) in [5, 5.41) is 10.1. The molecular formula is C16H13N5O. The topological polar surface area (TPSA) is 73.9 Å². The summed E-state index contributed by atoms with van der Waals surface area (Å²) in [6.45, 7) is 0.488. The number of fused-ring (bicyclic) bond motifs is 2. The molecule has 0 radical (unpaired) electrons. The molecule has 0 unspecified atom stereocenters. The Balaban J connectivity index is 1.84. The van der Waals surface area contributed by atoms with Crippen LogP contribution in [0.1, 0.15) is 5.56 Å². The second-order valence-electron chi connectivity index (χ2n) is 5.09. The van der Waals surface area contributed by atoms with Crippen LogP contribution in [-0.2, 0) is 11.3 Å². The van der Waals surface area contributed by atoms with Gasteiger partial charge >= 0.3 is 0 Å². The predicted molar refractivity (Wildman–Crippen MR) is 83.8 cm³/mol. The molecule has 0 saturated heterocycles. The molecule has 3 heterocycles. The molecule has 108 valence electrons. The lowest BCUT2D eigenvalue weighted by atomic mass is 10.1. The summed E-state index contributed by atoms with van der Waals surface area (Å²) >= 11 is 0. The van der Waals surface area contributed by atoms with Crippen molar-refractivity contribution in [3.8, 4) is 11.1 Å². The fraction of sp³-hybridized carbons (Fsp3) is 0.0625. The summed E-state index contributed by atoms with van der Waals surface area (Å²) in [5.74, 6) is 0.782. The molecule has 1 aliphatic heterocycles. The largest absolute Gasteiger partial charge is 0.338 e. The van der Waals surface area contributed by atoms with Crippen molar-refractivity contribution in [2.75, 3.05) is 10.2 Å². The zero-order valence-electron chi connectivity index (χ0n) is 11.7. The van der Waals surface area contributed by atoms with Crippen molar-refractivity contribution in [1.82, 2.24) is 15.2 Å². The van der Waals surface area contributed by atoms with Gasteiger partial charge in [0.05, 0.1) is 24.1 Å². The van der Waals surface area contributed by atoms with E-state index in [1.165, 1.54) is 0 Å². The van der Waals surface area contributed by atoms with E-state index in [-0.39, 0.29) is 0 Å². The first-order valence-electron chi connectivity index (χ1n) is 6.91. The number of nitrogens with zero attached hydrogens (tertiary/aromatic N) is 3. The van der Waals surface area contributed by atoms with Crippen LogP contribution in [0.3, 0.4) is 0 Å². The van der Waals surface area contributed by atoms with E-state index in [9.17, 15) is 4.79 Å². The molecule has 2 aromatic heterocycles. The fourth-order valence-corrected chi connectivity index (χ4v) is 2.63. The number of H-pyrrole nitrogens is 1. The maximum atomic E-state index is 11.5. The third-order valence-electron chi connectivity index (χ3n) is 3.75. The summed E-state index contributed by atoms with van der Waals surface area (Å²) in [6, 6.07) is 9.77. The maximum absolute atomic E-state index is 11.5. The Labute approximate surface area is 126 Å². The standard InChI is InChI=1S/C16H13N5O/c22-10-21-9-12-2-1-5-17-16(12)20-14-4-3-11(6-15(14)21)13-7-18-19-8-13/h1-8,10H,9H2,(H,17,20)(H,18,19). The van der Waals surface area contributed by atoms with E-state index in [1.807, 2.05) is 36.5 Å². The number of aromatic amines is 1. The zero-order chi connectivity index (χ0) is 14.9.